The van der Waals surface area contributed by atoms with E-state index in [9.17, 15) is 13.2 Å². The Balaban J connectivity index is 1.57. The van der Waals surface area contributed by atoms with E-state index >= 15 is 0 Å². The van der Waals surface area contributed by atoms with Crippen LogP contribution < -0.4 is 10.0 Å². The number of carbonyl (C=O) groups is 1. The molecule has 172 valence electrons. The van der Waals surface area contributed by atoms with Gasteiger partial charge in [0.05, 0.1) is 17.0 Å². The number of pyridine rings is 1. The first-order valence-electron chi connectivity index (χ1n) is 10.5. The van der Waals surface area contributed by atoms with Gasteiger partial charge in [0, 0.05) is 36.4 Å². The zero-order valence-electron chi connectivity index (χ0n) is 18.3. The molecule has 0 aliphatic rings. The van der Waals surface area contributed by atoms with Gasteiger partial charge in [-0.15, -0.1) is 6.58 Å². The van der Waals surface area contributed by atoms with Crippen molar-refractivity contribution in [2.75, 3.05) is 11.9 Å². The second-order valence-electron chi connectivity index (χ2n) is 7.46. The monoisotopic (exact) mass is 473 g/mol. The molecule has 4 rings (SSSR count). The molecule has 0 aliphatic carbocycles. The number of sulfonamides is 1. The Bertz CT molecular complexity index is 1380. The Morgan fingerprint density at radius 3 is 2.47 bits per heavy atom. The van der Waals surface area contributed by atoms with E-state index in [1.807, 2.05) is 36.4 Å². The number of nitrogens with zero attached hydrogens (tertiary/aromatic N) is 3. The standard InChI is InChI=1S/C25H23N5O3S/c1-2-14-27-34(32,33)18-19-10-12-21(13-11-19)28-25(31)23-17-30(22-8-4-3-5-9-22)29-24(23)20-7-6-15-26-16-20/h2-13,15-17,27H,1,14,18H2,(H,28,31). The molecule has 34 heavy (non-hydrogen) atoms. The van der Waals surface area contributed by atoms with E-state index in [2.05, 4.69) is 26.7 Å². The van der Waals surface area contributed by atoms with Gasteiger partial charge in [-0.2, -0.15) is 5.10 Å². The molecular formula is C25H23N5O3S. The predicted octanol–water partition coefficient (Wildman–Crippen LogP) is 3.79. The Morgan fingerprint density at radius 2 is 1.79 bits per heavy atom. The predicted molar refractivity (Wildman–Crippen MR) is 132 cm³/mol. The van der Waals surface area contributed by atoms with Crippen LogP contribution in [0.4, 0.5) is 5.69 Å². The van der Waals surface area contributed by atoms with Gasteiger partial charge in [0.2, 0.25) is 10.0 Å². The van der Waals surface area contributed by atoms with Crippen LogP contribution in [0.25, 0.3) is 16.9 Å². The molecule has 2 heterocycles. The maximum absolute atomic E-state index is 13.2. The maximum Gasteiger partial charge on any atom is 0.259 e. The minimum atomic E-state index is -3.46. The summed E-state index contributed by atoms with van der Waals surface area (Å²) in [6.45, 7) is 3.68. The molecule has 2 aromatic heterocycles. The second-order valence-corrected chi connectivity index (χ2v) is 9.27. The molecule has 1 amide bonds. The summed E-state index contributed by atoms with van der Waals surface area (Å²) in [6, 6.07) is 19.8. The van der Waals surface area contributed by atoms with Crippen molar-refractivity contribution in [1.82, 2.24) is 19.5 Å². The molecule has 2 aromatic carbocycles. The number of hydrogen-bond donors (Lipinski definition) is 2. The number of amides is 1. The summed E-state index contributed by atoms with van der Waals surface area (Å²) in [5, 5.41) is 7.49. The number of anilines is 1. The molecule has 9 heteroatoms. The highest BCUT2D eigenvalue weighted by atomic mass is 32.2. The average Bonchev–Trinajstić information content (AvgIpc) is 3.31. The molecule has 4 aromatic rings. The van der Waals surface area contributed by atoms with Crippen molar-refractivity contribution in [3.63, 3.8) is 0 Å². The highest BCUT2D eigenvalue weighted by molar-refractivity contribution is 7.88. The fourth-order valence-corrected chi connectivity index (χ4v) is 4.41. The third-order valence-corrected chi connectivity index (χ3v) is 6.25. The van der Waals surface area contributed by atoms with E-state index in [1.165, 1.54) is 6.08 Å². The summed E-state index contributed by atoms with van der Waals surface area (Å²) in [7, 11) is -3.46. The van der Waals surface area contributed by atoms with Gasteiger partial charge in [-0.3, -0.25) is 9.78 Å². The van der Waals surface area contributed by atoms with Crippen LogP contribution in [0.5, 0.6) is 0 Å². The molecule has 0 aliphatic heterocycles. The quantitative estimate of drug-likeness (QED) is 0.360. The summed E-state index contributed by atoms with van der Waals surface area (Å²) in [5.41, 5.74) is 3.57. The summed E-state index contributed by atoms with van der Waals surface area (Å²) >= 11 is 0. The lowest BCUT2D eigenvalue weighted by atomic mass is 10.1. The van der Waals surface area contributed by atoms with Crippen molar-refractivity contribution in [2.45, 2.75) is 5.75 Å². The van der Waals surface area contributed by atoms with Crippen LogP contribution in [0.3, 0.4) is 0 Å². The maximum atomic E-state index is 13.2. The lowest BCUT2D eigenvalue weighted by Crippen LogP contribution is -2.25. The third-order valence-electron chi connectivity index (χ3n) is 4.93. The van der Waals surface area contributed by atoms with Crippen molar-refractivity contribution in [3.05, 3.63) is 109 Å². The molecule has 0 spiro atoms. The number of rotatable bonds is 9. The Kier molecular flexibility index (Phi) is 6.95. The van der Waals surface area contributed by atoms with Crippen molar-refractivity contribution >= 4 is 21.6 Å². The lowest BCUT2D eigenvalue weighted by Gasteiger charge is -2.08. The minimum absolute atomic E-state index is 0.163. The van der Waals surface area contributed by atoms with Gasteiger partial charge in [-0.1, -0.05) is 36.4 Å². The number of carbonyl (C=O) groups excluding carboxylic acids is 1. The third kappa shape index (κ3) is 5.64. The number of benzene rings is 2. The van der Waals surface area contributed by atoms with E-state index in [1.54, 1.807) is 53.6 Å². The van der Waals surface area contributed by atoms with E-state index in [0.29, 0.717) is 22.5 Å². The van der Waals surface area contributed by atoms with E-state index in [4.69, 9.17) is 0 Å². The van der Waals surface area contributed by atoms with Crippen molar-refractivity contribution in [2.24, 2.45) is 0 Å². The Morgan fingerprint density at radius 1 is 1.03 bits per heavy atom. The highest BCUT2D eigenvalue weighted by Gasteiger charge is 2.19. The molecular weight excluding hydrogens is 450 g/mol. The fourth-order valence-electron chi connectivity index (χ4n) is 3.31. The Labute approximate surface area is 198 Å². The second kappa shape index (κ2) is 10.2. The largest absolute Gasteiger partial charge is 0.322 e. The molecule has 0 bridgehead atoms. The van der Waals surface area contributed by atoms with Crippen LogP contribution in [0.1, 0.15) is 15.9 Å². The van der Waals surface area contributed by atoms with Crippen LogP contribution in [0, 0.1) is 0 Å². The lowest BCUT2D eigenvalue weighted by molar-refractivity contribution is 0.102. The smallest absolute Gasteiger partial charge is 0.259 e. The topological polar surface area (TPSA) is 106 Å². The fraction of sp³-hybridized carbons (Fsp3) is 0.0800. The first-order chi connectivity index (χ1) is 16.4. The van der Waals surface area contributed by atoms with Crippen LogP contribution in [-0.4, -0.2) is 35.6 Å². The van der Waals surface area contributed by atoms with Gasteiger partial charge in [-0.05, 0) is 42.0 Å². The van der Waals surface area contributed by atoms with E-state index < -0.39 is 10.0 Å². The average molecular weight is 474 g/mol. The molecule has 0 saturated carbocycles. The van der Waals surface area contributed by atoms with Crippen molar-refractivity contribution in [3.8, 4) is 16.9 Å². The summed E-state index contributed by atoms with van der Waals surface area (Å²) < 4.78 is 28.2. The van der Waals surface area contributed by atoms with E-state index in [0.717, 1.165) is 11.3 Å². The zero-order valence-corrected chi connectivity index (χ0v) is 19.1. The number of hydrogen-bond acceptors (Lipinski definition) is 5. The highest BCUT2D eigenvalue weighted by Crippen LogP contribution is 2.24. The van der Waals surface area contributed by atoms with Crippen LogP contribution >= 0.6 is 0 Å². The number of para-hydroxylation sites is 1. The molecule has 2 N–H and O–H groups in total. The van der Waals surface area contributed by atoms with Gasteiger partial charge in [0.25, 0.3) is 5.91 Å². The number of nitrogens with one attached hydrogen (secondary N) is 2. The van der Waals surface area contributed by atoms with Crippen molar-refractivity contribution in [1.29, 1.82) is 0 Å². The summed E-state index contributed by atoms with van der Waals surface area (Å²) in [5.74, 6) is -0.501. The summed E-state index contributed by atoms with van der Waals surface area (Å²) in [4.78, 5) is 17.3. The molecule has 0 atom stereocenters. The van der Waals surface area contributed by atoms with Gasteiger partial charge in [0.1, 0.15) is 5.69 Å². The van der Waals surface area contributed by atoms with Crippen molar-refractivity contribution < 1.29 is 13.2 Å². The molecule has 0 radical (unpaired) electrons. The summed E-state index contributed by atoms with van der Waals surface area (Å²) in [6.07, 6.45) is 6.48. The SMILES string of the molecule is C=CCNS(=O)(=O)Cc1ccc(NC(=O)c2cn(-c3ccccc3)nc2-c2cccnc2)cc1. The molecule has 0 unspecified atom stereocenters. The van der Waals surface area contributed by atoms with Gasteiger partial charge < -0.3 is 5.32 Å². The Hall–Kier alpha value is -4.08. The zero-order chi connectivity index (χ0) is 24.0. The molecule has 0 fully saturated rings. The first-order valence-corrected chi connectivity index (χ1v) is 12.1. The molecule has 8 nitrogen and oxygen atoms in total. The van der Waals surface area contributed by atoms with Crippen LogP contribution in [0.15, 0.2) is 98.0 Å². The van der Waals surface area contributed by atoms with Crippen LogP contribution in [-0.2, 0) is 15.8 Å². The minimum Gasteiger partial charge on any atom is -0.322 e. The first kappa shape index (κ1) is 23.1. The normalized spacial score (nSPS) is 11.2. The van der Waals surface area contributed by atoms with Gasteiger partial charge >= 0.3 is 0 Å². The molecule has 0 saturated heterocycles. The van der Waals surface area contributed by atoms with Crippen LogP contribution in [0.2, 0.25) is 0 Å². The van der Waals surface area contributed by atoms with E-state index in [-0.39, 0.29) is 18.2 Å². The van der Waals surface area contributed by atoms with Gasteiger partial charge in [-0.25, -0.2) is 17.8 Å². The number of aromatic nitrogens is 3. The van der Waals surface area contributed by atoms with Gasteiger partial charge in [0.15, 0.2) is 0 Å².